The van der Waals surface area contributed by atoms with Gasteiger partial charge in [0, 0.05) is 18.1 Å². The lowest BCUT2D eigenvalue weighted by atomic mass is 10.1. The first-order valence-corrected chi connectivity index (χ1v) is 14.4. The maximum Gasteiger partial charge on any atom is 0.264 e. The molecule has 0 radical (unpaired) electrons. The SMILES string of the molecule is CCNC(=O)C(C)N(Cc1ccc(C)cc1)C(=O)CN(c1cc(Cl)ccc1OC)S(=O)(=O)c1ccc(C)cc1. The number of anilines is 1. The minimum Gasteiger partial charge on any atom is -0.495 e. The maximum atomic E-state index is 14.0. The number of hydrogen-bond donors (Lipinski definition) is 1. The third-order valence-electron chi connectivity index (χ3n) is 6.29. The molecule has 3 aromatic carbocycles. The summed E-state index contributed by atoms with van der Waals surface area (Å²) >= 11 is 6.26. The number of benzene rings is 3. The highest BCUT2D eigenvalue weighted by Crippen LogP contribution is 2.35. The van der Waals surface area contributed by atoms with Crippen molar-refractivity contribution in [3.63, 3.8) is 0 Å². The van der Waals surface area contributed by atoms with Gasteiger partial charge in [0.2, 0.25) is 11.8 Å². The second-order valence-corrected chi connectivity index (χ2v) is 11.5. The molecule has 0 saturated heterocycles. The summed E-state index contributed by atoms with van der Waals surface area (Å²) < 4.78 is 34.3. The topological polar surface area (TPSA) is 96.0 Å². The fourth-order valence-corrected chi connectivity index (χ4v) is 5.59. The Kier molecular flexibility index (Phi) is 9.99. The van der Waals surface area contributed by atoms with E-state index in [0.29, 0.717) is 6.54 Å². The number of likely N-dealkylation sites (N-methyl/N-ethyl adjacent to an activating group) is 1. The van der Waals surface area contributed by atoms with E-state index < -0.39 is 28.5 Å². The molecule has 1 N–H and O–H groups in total. The van der Waals surface area contributed by atoms with Crippen LogP contribution < -0.4 is 14.4 Å². The largest absolute Gasteiger partial charge is 0.495 e. The summed E-state index contributed by atoms with van der Waals surface area (Å²) in [7, 11) is -2.83. The predicted octanol–water partition coefficient (Wildman–Crippen LogP) is 4.71. The molecule has 0 saturated carbocycles. The molecule has 1 atom stereocenters. The van der Waals surface area contributed by atoms with Gasteiger partial charge in [-0.25, -0.2) is 8.42 Å². The van der Waals surface area contributed by atoms with E-state index >= 15 is 0 Å². The average Bonchev–Trinajstić information content (AvgIpc) is 2.91. The molecule has 10 heteroatoms. The lowest BCUT2D eigenvalue weighted by Crippen LogP contribution is -2.51. The monoisotopic (exact) mass is 571 g/mol. The van der Waals surface area contributed by atoms with Gasteiger partial charge in [0.05, 0.1) is 17.7 Å². The van der Waals surface area contributed by atoms with E-state index in [-0.39, 0.29) is 33.8 Å². The van der Waals surface area contributed by atoms with Gasteiger partial charge in [0.15, 0.2) is 0 Å². The standard InChI is InChI=1S/C29H34ClN3O5S/c1-6-31-29(35)22(4)32(18-23-11-7-20(2)8-12-23)28(34)19-33(26-17-24(30)13-16-27(26)38-5)39(36,37)25-14-9-21(3)10-15-25/h7-17,22H,6,18-19H2,1-5H3,(H,31,35). The van der Waals surface area contributed by atoms with E-state index in [0.717, 1.165) is 21.0 Å². The number of rotatable bonds is 11. The number of nitrogens with one attached hydrogen (secondary N) is 1. The molecular formula is C29H34ClN3O5S. The summed E-state index contributed by atoms with van der Waals surface area (Å²) in [4.78, 5) is 28.1. The van der Waals surface area contributed by atoms with Crippen LogP contribution in [0.3, 0.4) is 0 Å². The van der Waals surface area contributed by atoms with Crippen LogP contribution in [0, 0.1) is 13.8 Å². The van der Waals surface area contributed by atoms with Crippen molar-refractivity contribution in [2.24, 2.45) is 0 Å². The molecule has 2 amide bonds. The third kappa shape index (κ3) is 7.30. The molecule has 8 nitrogen and oxygen atoms in total. The number of hydrogen-bond acceptors (Lipinski definition) is 5. The summed E-state index contributed by atoms with van der Waals surface area (Å²) in [5.74, 6) is -0.678. The summed E-state index contributed by atoms with van der Waals surface area (Å²) in [6, 6.07) is 17.6. The van der Waals surface area contributed by atoms with Gasteiger partial charge in [0.1, 0.15) is 18.3 Å². The first-order valence-electron chi connectivity index (χ1n) is 12.5. The summed E-state index contributed by atoms with van der Waals surface area (Å²) in [5, 5.41) is 3.02. The van der Waals surface area contributed by atoms with E-state index in [1.54, 1.807) is 38.1 Å². The Morgan fingerprint density at radius 2 is 1.56 bits per heavy atom. The van der Waals surface area contributed by atoms with Crippen LogP contribution >= 0.6 is 11.6 Å². The molecule has 0 aliphatic rings. The number of carbonyl (C=O) groups excluding carboxylic acids is 2. The highest BCUT2D eigenvalue weighted by Gasteiger charge is 2.33. The minimum atomic E-state index is -4.24. The van der Waals surface area contributed by atoms with E-state index in [2.05, 4.69) is 5.32 Å². The number of nitrogens with zero attached hydrogens (tertiary/aromatic N) is 2. The lowest BCUT2D eigenvalue weighted by molar-refractivity contribution is -0.139. The first kappa shape index (κ1) is 30.0. The Morgan fingerprint density at radius 1 is 0.974 bits per heavy atom. The van der Waals surface area contributed by atoms with Crippen molar-refractivity contribution < 1.29 is 22.7 Å². The van der Waals surface area contributed by atoms with E-state index in [9.17, 15) is 18.0 Å². The minimum absolute atomic E-state index is 0.00443. The lowest BCUT2D eigenvalue weighted by Gasteiger charge is -2.32. The third-order valence-corrected chi connectivity index (χ3v) is 8.30. The molecule has 0 aliphatic carbocycles. The number of methoxy groups -OCH3 is 1. The average molecular weight is 572 g/mol. The maximum absolute atomic E-state index is 14.0. The number of sulfonamides is 1. The fourth-order valence-electron chi connectivity index (χ4n) is 4.00. The molecule has 1 unspecified atom stereocenters. The predicted molar refractivity (Wildman–Crippen MR) is 154 cm³/mol. The van der Waals surface area contributed by atoms with Crippen molar-refractivity contribution in [1.82, 2.24) is 10.2 Å². The highest BCUT2D eigenvalue weighted by atomic mass is 35.5. The molecule has 3 rings (SSSR count). The zero-order valence-corrected chi connectivity index (χ0v) is 24.3. The van der Waals surface area contributed by atoms with Crippen LogP contribution in [0.5, 0.6) is 5.75 Å². The van der Waals surface area contributed by atoms with Gasteiger partial charge in [0.25, 0.3) is 10.0 Å². The second-order valence-electron chi connectivity index (χ2n) is 9.22. The van der Waals surface area contributed by atoms with Crippen molar-refractivity contribution in [1.29, 1.82) is 0 Å². The van der Waals surface area contributed by atoms with Crippen LogP contribution in [0.25, 0.3) is 0 Å². The van der Waals surface area contributed by atoms with Gasteiger partial charge in [-0.05, 0) is 63.6 Å². The van der Waals surface area contributed by atoms with Gasteiger partial charge in [-0.15, -0.1) is 0 Å². The first-order chi connectivity index (χ1) is 18.5. The molecular weight excluding hydrogens is 538 g/mol. The van der Waals surface area contributed by atoms with Crippen molar-refractivity contribution in [2.45, 2.75) is 45.2 Å². The second kappa shape index (κ2) is 13.0. The van der Waals surface area contributed by atoms with Crippen molar-refractivity contribution in [3.05, 3.63) is 88.4 Å². The van der Waals surface area contributed by atoms with Gasteiger partial charge in [-0.3, -0.25) is 13.9 Å². The van der Waals surface area contributed by atoms with Crippen molar-refractivity contribution in [3.8, 4) is 5.75 Å². The molecule has 208 valence electrons. The zero-order valence-electron chi connectivity index (χ0n) is 22.8. The number of carbonyl (C=O) groups is 2. The molecule has 3 aromatic rings. The molecule has 0 aliphatic heterocycles. The Hall–Kier alpha value is -3.56. The molecule has 0 aromatic heterocycles. The molecule has 39 heavy (non-hydrogen) atoms. The van der Waals surface area contributed by atoms with Crippen molar-refractivity contribution in [2.75, 3.05) is 24.5 Å². The van der Waals surface area contributed by atoms with Crippen LogP contribution in [-0.2, 0) is 26.2 Å². The van der Waals surface area contributed by atoms with E-state index in [1.165, 1.54) is 30.2 Å². The van der Waals surface area contributed by atoms with E-state index in [1.807, 2.05) is 38.1 Å². The van der Waals surface area contributed by atoms with Crippen molar-refractivity contribution >= 4 is 39.1 Å². The summed E-state index contributed by atoms with van der Waals surface area (Å²) in [6.45, 7) is 7.14. The van der Waals surface area contributed by atoms with E-state index in [4.69, 9.17) is 16.3 Å². The van der Waals surface area contributed by atoms with Gasteiger partial charge in [-0.1, -0.05) is 59.1 Å². The Balaban J connectivity index is 2.09. The van der Waals surface area contributed by atoms with Crippen LogP contribution in [0.4, 0.5) is 5.69 Å². The molecule has 0 spiro atoms. The van der Waals surface area contributed by atoms with Crippen LogP contribution in [-0.4, -0.2) is 51.4 Å². The number of halogens is 1. The number of ether oxygens (including phenoxy) is 1. The Bertz CT molecular complexity index is 1410. The fraction of sp³-hybridized carbons (Fsp3) is 0.310. The van der Waals surface area contributed by atoms with Crippen LogP contribution in [0.1, 0.15) is 30.5 Å². The summed E-state index contributed by atoms with van der Waals surface area (Å²) in [6.07, 6.45) is 0. The zero-order chi connectivity index (χ0) is 28.7. The molecule has 0 bridgehead atoms. The highest BCUT2D eigenvalue weighted by molar-refractivity contribution is 7.92. The van der Waals surface area contributed by atoms with Gasteiger partial charge >= 0.3 is 0 Å². The van der Waals surface area contributed by atoms with Gasteiger partial charge < -0.3 is 15.0 Å². The molecule has 0 fully saturated rings. The summed E-state index contributed by atoms with van der Waals surface area (Å²) in [5.41, 5.74) is 2.85. The number of amides is 2. The normalized spacial score (nSPS) is 11.9. The quantitative estimate of drug-likeness (QED) is 0.359. The Morgan fingerprint density at radius 3 is 2.13 bits per heavy atom. The smallest absolute Gasteiger partial charge is 0.264 e. The van der Waals surface area contributed by atoms with Crippen LogP contribution in [0.15, 0.2) is 71.6 Å². The molecule has 0 heterocycles. The Labute approximate surface area is 235 Å². The van der Waals surface area contributed by atoms with Crippen LogP contribution in [0.2, 0.25) is 5.02 Å². The number of aryl methyl sites for hydroxylation is 2. The van der Waals surface area contributed by atoms with Gasteiger partial charge in [-0.2, -0.15) is 0 Å².